The van der Waals surface area contributed by atoms with Crippen LogP contribution in [-0.4, -0.2) is 24.9 Å². The highest BCUT2D eigenvalue weighted by Crippen LogP contribution is 2.38. The van der Waals surface area contributed by atoms with E-state index in [9.17, 15) is 4.39 Å². The predicted molar refractivity (Wildman–Crippen MR) is 113 cm³/mol. The summed E-state index contributed by atoms with van der Waals surface area (Å²) in [5.74, 6) is 0.989. The number of nitrogens with zero attached hydrogens (tertiary/aromatic N) is 5. The Bertz CT molecular complexity index is 1450. The molecule has 0 aliphatic rings. The molecule has 0 saturated heterocycles. The molecule has 1 N–H and O–H groups in total. The van der Waals surface area contributed by atoms with Gasteiger partial charge in [0.25, 0.3) is 0 Å². The Morgan fingerprint density at radius 1 is 0.906 bits per heavy atom. The van der Waals surface area contributed by atoms with Gasteiger partial charge in [0.2, 0.25) is 0 Å². The van der Waals surface area contributed by atoms with E-state index in [2.05, 4.69) is 24.9 Å². The SMILES string of the molecule is N#Cc1ccc(Oc2cc3[nH]c(-c4cnccn4)nc3cc2Oc2ccccc2F)cn1. The van der Waals surface area contributed by atoms with Crippen molar-refractivity contribution >= 4 is 11.0 Å². The first-order chi connectivity index (χ1) is 15.7. The van der Waals surface area contributed by atoms with Crippen molar-refractivity contribution in [2.45, 2.75) is 0 Å². The summed E-state index contributed by atoms with van der Waals surface area (Å²) < 4.78 is 26.0. The molecule has 9 heteroatoms. The van der Waals surface area contributed by atoms with Crippen LogP contribution in [0, 0.1) is 17.1 Å². The second-order valence-electron chi connectivity index (χ2n) is 6.62. The van der Waals surface area contributed by atoms with Crippen LogP contribution in [0.5, 0.6) is 23.0 Å². The lowest BCUT2D eigenvalue weighted by Gasteiger charge is -2.13. The van der Waals surface area contributed by atoms with E-state index in [0.29, 0.717) is 34.1 Å². The molecule has 32 heavy (non-hydrogen) atoms. The van der Waals surface area contributed by atoms with Gasteiger partial charge >= 0.3 is 0 Å². The third-order valence-electron chi connectivity index (χ3n) is 4.49. The minimum absolute atomic E-state index is 0.0411. The normalized spacial score (nSPS) is 10.6. The quantitative estimate of drug-likeness (QED) is 0.422. The van der Waals surface area contributed by atoms with Crippen molar-refractivity contribution in [2.75, 3.05) is 0 Å². The third kappa shape index (κ3) is 3.80. The number of H-pyrrole nitrogens is 1. The molecule has 0 fully saturated rings. The van der Waals surface area contributed by atoms with Crippen LogP contribution in [0.15, 0.2) is 73.3 Å². The molecule has 5 rings (SSSR count). The van der Waals surface area contributed by atoms with Crippen LogP contribution >= 0.6 is 0 Å². The number of rotatable bonds is 5. The van der Waals surface area contributed by atoms with Crippen molar-refractivity contribution in [2.24, 2.45) is 0 Å². The van der Waals surface area contributed by atoms with Crippen LogP contribution in [-0.2, 0) is 0 Å². The van der Waals surface area contributed by atoms with Crippen LogP contribution in [0.3, 0.4) is 0 Å². The van der Waals surface area contributed by atoms with Crippen LogP contribution < -0.4 is 9.47 Å². The Kier molecular flexibility index (Phi) is 4.86. The first-order valence-electron chi connectivity index (χ1n) is 9.46. The number of ether oxygens (including phenoxy) is 2. The number of pyridine rings is 1. The smallest absolute Gasteiger partial charge is 0.172 e. The number of hydrogen-bond acceptors (Lipinski definition) is 7. The fraction of sp³-hybridized carbons (Fsp3) is 0. The molecular weight excluding hydrogens is 411 g/mol. The Hall–Kier alpha value is -4.84. The molecular formula is C23H13FN6O2. The first kappa shape index (κ1) is 19.1. The van der Waals surface area contributed by atoms with Crippen molar-refractivity contribution in [1.82, 2.24) is 24.9 Å². The summed E-state index contributed by atoms with van der Waals surface area (Å²) >= 11 is 0. The molecule has 0 amide bonds. The summed E-state index contributed by atoms with van der Waals surface area (Å²) in [6.07, 6.45) is 6.16. The number of aromatic amines is 1. The number of fused-ring (bicyclic) bond motifs is 1. The van der Waals surface area contributed by atoms with Gasteiger partial charge in [-0.05, 0) is 24.3 Å². The Labute approximate surface area is 181 Å². The zero-order valence-electron chi connectivity index (χ0n) is 16.4. The van der Waals surface area contributed by atoms with Gasteiger partial charge in [-0.1, -0.05) is 12.1 Å². The van der Waals surface area contributed by atoms with Gasteiger partial charge in [-0.25, -0.2) is 19.3 Å². The van der Waals surface area contributed by atoms with Gasteiger partial charge in [0.1, 0.15) is 23.2 Å². The largest absolute Gasteiger partial charge is 0.452 e. The van der Waals surface area contributed by atoms with Crippen molar-refractivity contribution in [1.29, 1.82) is 5.26 Å². The maximum atomic E-state index is 14.2. The van der Waals surface area contributed by atoms with Crippen LogP contribution in [0.2, 0.25) is 0 Å². The zero-order chi connectivity index (χ0) is 21.9. The first-order valence-corrected chi connectivity index (χ1v) is 9.46. The Morgan fingerprint density at radius 2 is 1.78 bits per heavy atom. The lowest BCUT2D eigenvalue weighted by molar-refractivity contribution is 0.402. The molecule has 0 unspecified atom stereocenters. The van der Waals surface area contributed by atoms with E-state index in [0.717, 1.165) is 0 Å². The minimum Gasteiger partial charge on any atom is -0.452 e. The highest BCUT2D eigenvalue weighted by atomic mass is 19.1. The highest BCUT2D eigenvalue weighted by Gasteiger charge is 2.16. The maximum absolute atomic E-state index is 14.2. The molecule has 0 bridgehead atoms. The van der Waals surface area contributed by atoms with E-state index in [1.807, 2.05) is 6.07 Å². The Morgan fingerprint density at radius 3 is 2.53 bits per heavy atom. The van der Waals surface area contributed by atoms with Gasteiger partial charge < -0.3 is 14.5 Å². The minimum atomic E-state index is -0.513. The number of halogens is 1. The summed E-state index contributed by atoms with van der Waals surface area (Å²) in [5, 5.41) is 8.94. The van der Waals surface area contributed by atoms with E-state index >= 15 is 0 Å². The van der Waals surface area contributed by atoms with E-state index < -0.39 is 5.82 Å². The van der Waals surface area contributed by atoms with Gasteiger partial charge in [0.15, 0.2) is 28.9 Å². The van der Waals surface area contributed by atoms with Gasteiger partial charge in [-0.15, -0.1) is 0 Å². The molecule has 2 aromatic carbocycles. The molecule has 8 nitrogen and oxygen atoms in total. The van der Waals surface area contributed by atoms with Gasteiger partial charge in [0, 0.05) is 24.5 Å². The molecule has 0 aliphatic heterocycles. The molecule has 0 spiro atoms. The van der Waals surface area contributed by atoms with Crippen LogP contribution in [0.25, 0.3) is 22.6 Å². The highest BCUT2D eigenvalue weighted by molar-refractivity contribution is 5.82. The fourth-order valence-corrected chi connectivity index (χ4v) is 3.00. The number of hydrogen-bond donors (Lipinski definition) is 1. The van der Waals surface area contributed by atoms with Crippen molar-refractivity contribution < 1.29 is 13.9 Å². The molecule has 154 valence electrons. The van der Waals surface area contributed by atoms with Crippen molar-refractivity contribution in [3.63, 3.8) is 0 Å². The molecule has 3 aromatic heterocycles. The van der Waals surface area contributed by atoms with E-state index in [1.54, 1.807) is 48.9 Å². The van der Waals surface area contributed by atoms with E-state index in [4.69, 9.17) is 14.7 Å². The molecule has 0 aliphatic carbocycles. The van der Waals surface area contributed by atoms with Crippen molar-refractivity contribution in [3.8, 4) is 40.6 Å². The third-order valence-corrected chi connectivity index (χ3v) is 4.49. The Balaban J connectivity index is 1.59. The average molecular weight is 424 g/mol. The van der Waals surface area contributed by atoms with Gasteiger partial charge in [0.05, 0.1) is 23.4 Å². The number of aromatic nitrogens is 5. The number of para-hydroxylation sites is 1. The summed E-state index contributed by atoms with van der Waals surface area (Å²) in [6.45, 7) is 0. The topological polar surface area (TPSA) is 110 Å². The van der Waals surface area contributed by atoms with Crippen LogP contribution in [0.1, 0.15) is 5.69 Å². The summed E-state index contributed by atoms with van der Waals surface area (Å²) in [5.41, 5.74) is 2.06. The standard InChI is InChI=1S/C23H13FN6O2/c24-16-3-1-2-4-20(16)32-22-10-18-17(29-23(30-18)19-13-26-7-8-27-19)9-21(22)31-15-6-5-14(11-25)28-12-15/h1-10,12-13H,(H,29,30). The second kappa shape index (κ2) is 8.12. The molecule has 5 aromatic rings. The van der Waals surface area contributed by atoms with E-state index in [-0.39, 0.29) is 17.2 Å². The molecule has 0 atom stereocenters. The van der Waals surface area contributed by atoms with Gasteiger partial charge in [-0.2, -0.15) is 5.26 Å². The lowest BCUT2D eigenvalue weighted by atomic mass is 10.2. The number of nitriles is 1. The maximum Gasteiger partial charge on any atom is 0.172 e. The monoisotopic (exact) mass is 424 g/mol. The predicted octanol–water partition coefficient (Wildman–Crippen LogP) is 5.01. The van der Waals surface area contributed by atoms with Gasteiger partial charge in [-0.3, -0.25) is 4.98 Å². The number of nitrogens with one attached hydrogen (secondary N) is 1. The average Bonchev–Trinajstić information content (AvgIpc) is 3.25. The molecule has 0 radical (unpaired) electrons. The molecule has 3 heterocycles. The summed E-state index contributed by atoms with van der Waals surface area (Å²) in [7, 11) is 0. The summed E-state index contributed by atoms with van der Waals surface area (Å²) in [6, 6.07) is 14.5. The number of benzene rings is 2. The fourth-order valence-electron chi connectivity index (χ4n) is 3.00. The lowest BCUT2D eigenvalue weighted by Crippen LogP contribution is -1.93. The van der Waals surface area contributed by atoms with E-state index in [1.165, 1.54) is 24.4 Å². The second-order valence-corrected chi connectivity index (χ2v) is 6.62. The van der Waals surface area contributed by atoms with Crippen LogP contribution in [0.4, 0.5) is 4.39 Å². The molecule has 0 saturated carbocycles. The van der Waals surface area contributed by atoms with Crippen molar-refractivity contribution in [3.05, 3.63) is 84.8 Å². The summed E-state index contributed by atoms with van der Waals surface area (Å²) in [4.78, 5) is 20.0. The zero-order valence-corrected chi connectivity index (χ0v) is 16.4. The number of imidazole rings is 1.